The fraction of sp³-hybridized carbons (Fsp3) is 0.667. The molecule has 4 heteroatoms. The molecule has 0 aromatic heterocycles. The van der Waals surface area contributed by atoms with Gasteiger partial charge in [-0.15, -0.1) is 0 Å². The van der Waals surface area contributed by atoms with Gasteiger partial charge < -0.3 is 14.9 Å². The van der Waals surface area contributed by atoms with E-state index in [1.54, 1.807) is 7.05 Å². The van der Waals surface area contributed by atoms with Crippen LogP contribution in [0.15, 0.2) is 12.7 Å². The lowest BCUT2D eigenvalue weighted by Crippen LogP contribution is -2.38. The van der Waals surface area contributed by atoms with E-state index in [2.05, 4.69) is 6.58 Å². The van der Waals surface area contributed by atoms with Gasteiger partial charge in [0.15, 0.2) is 0 Å². The van der Waals surface area contributed by atoms with Crippen molar-refractivity contribution < 1.29 is 9.90 Å². The molecule has 0 rings (SSSR count). The lowest BCUT2D eigenvalue weighted by Gasteiger charge is -2.21. The Labute approximate surface area is 79.4 Å². The normalized spacial score (nSPS) is 12.7. The Balaban J connectivity index is 3.83. The Morgan fingerprint density at radius 2 is 2.00 bits per heavy atom. The number of carbonyl (C=O) groups is 1. The van der Waals surface area contributed by atoms with Crippen LogP contribution in [-0.2, 0) is 4.79 Å². The number of amides is 1. The predicted molar refractivity (Wildman–Crippen MR) is 52.4 cm³/mol. The predicted octanol–water partition coefficient (Wildman–Crippen LogP) is -0.447. The topological polar surface area (TPSA) is 43.8 Å². The fourth-order valence-electron chi connectivity index (χ4n) is 1.04. The number of carbonyl (C=O) groups excluding carboxylic acids is 1. The molecule has 0 saturated carbocycles. The Morgan fingerprint density at radius 1 is 1.46 bits per heavy atom. The molecular weight excluding hydrogens is 168 g/mol. The molecule has 1 atom stereocenters. The highest BCUT2D eigenvalue weighted by molar-refractivity contribution is 5.86. The van der Waals surface area contributed by atoms with E-state index in [9.17, 15) is 9.90 Å². The molecule has 0 aliphatic heterocycles. The summed E-state index contributed by atoms with van der Waals surface area (Å²) in [4.78, 5) is 14.3. The van der Waals surface area contributed by atoms with Crippen LogP contribution >= 0.6 is 0 Å². The summed E-state index contributed by atoms with van der Waals surface area (Å²) in [5, 5.41) is 9.46. The monoisotopic (exact) mass is 186 g/mol. The standard InChI is InChI=1S/C9H18N2O2/c1-5-9(13)11(4)7-8(12)6-10(2)3/h5,8,12H,1,6-7H2,2-4H3. The van der Waals surface area contributed by atoms with E-state index in [1.165, 1.54) is 11.0 Å². The minimum atomic E-state index is -0.510. The van der Waals surface area contributed by atoms with E-state index in [0.29, 0.717) is 13.1 Å². The van der Waals surface area contributed by atoms with Gasteiger partial charge in [-0.3, -0.25) is 4.79 Å². The molecule has 1 amide bonds. The molecule has 0 fully saturated rings. The van der Waals surface area contributed by atoms with Gasteiger partial charge in [0.25, 0.3) is 0 Å². The van der Waals surface area contributed by atoms with Crippen molar-refractivity contribution >= 4 is 5.91 Å². The minimum Gasteiger partial charge on any atom is -0.390 e. The quantitative estimate of drug-likeness (QED) is 0.592. The van der Waals surface area contributed by atoms with Crippen molar-refractivity contribution in [3.63, 3.8) is 0 Å². The first-order chi connectivity index (χ1) is 5.97. The van der Waals surface area contributed by atoms with Gasteiger partial charge in [0.05, 0.1) is 6.10 Å². The second kappa shape index (κ2) is 5.72. The van der Waals surface area contributed by atoms with Crippen molar-refractivity contribution in [1.82, 2.24) is 9.80 Å². The van der Waals surface area contributed by atoms with Crippen LogP contribution in [0.25, 0.3) is 0 Å². The number of aliphatic hydroxyl groups excluding tert-OH is 1. The van der Waals surface area contributed by atoms with Crippen molar-refractivity contribution in [2.24, 2.45) is 0 Å². The molecular formula is C9H18N2O2. The summed E-state index contributed by atoms with van der Waals surface area (Å²) in [7, 11) is 5.39. The minimum absolute atomic E-state index is 0.169. The van der Waals surface area contributed by atoms with Crippen LogP contribution in [0.3, 0.4) is 0 Å². The van der Waals surface area contributed by atoms with E-state index < -0.39 is 6.10 Å². The van der Waals surface area contributed by atoms with E-state index in [4.69, 9.17) is 0 Å². The molecule has 0 aromatic carbocycles. The molecule has 1 unspecified atom stereocenters. The maximum atomic E-state index is 11.0. The molecule has 76 valence electrons. The molecule has 0 saturated heterocycles. The van der Waals surface area contributed by atoms with Gasteiger partial charge in [-0.05, 0) is 20.2 Å². The maximum absolute atomic E-state index is 11.0. The van der Waals surface area contributed by atoms with Gasteiger partial charge in [0.1, 0.15) is 0 Å². The first-order valence-corrected chi connectivity index (χ1v) is 4.17. The highest BCUT2D eigenvalue weighted by Crippen LogP contribution is 1.92. The van der Waals surface area contributed by atoms with Gasteiger partial charge in [-0.25, -0.2) is 0 Å². The Hall–Kier alpha value is -0.870. The van der Waals surface area contributed by atoms with Crippen molar-refractivity contribution in [1.29, 1.82) is 0 Å². The van der Waals surface area contributed by atoms with Crippen LogP contribution in [0.5, 0.6) is 0 Å². The molecule has 0 aromatic rings. The summed E-state index contributed by atoms with van der Waals surface area (Å²) in [5.74, 6) is -0.169. The fourth-order valence-corrected chi connectivity index (χ4v) is 1.04. The molecule has 0 spiro atoms. The smallest absolute Gasteiger partial charge is 0.245 e. The average Bonchev–Trinajstić information content (AvgIpc) is 2.01. The highest BCUT2D eigenvalue weighted by atomic mass is 16.3. The summed E-state index contributed by atoms with van der Waals surface area (Å²) >= 11 is 0. The molecule has 13 heavy (non-hydrogen) atoms. The highest BCUT2D eigenvalue weighted by Gasteiger charge is 2.11. The number of rotatable bonds is 5. The number of hydrogen-bond donors (Lipinski definition) is 1. The van der Waals surface area contributed by atoms with Crippen molar-refractivity contribution in [3.8, 4) is 0 Å². The summed E-state index contributed by atoms with van der Waals surface area (Å²) in [6, 6.07) is 0. The first kappa shape index (κ1) is 12.1. The van der Waals surface area contributed by atoms with Gasteiger partial charge in [-0.1, -0.05) is 6.58 Å². The van der Waals surface area contributed by atoms with Gasteiger partial charge in [0.2, 0.25) is 5.91 Å². The molecule has 4 nitrogen and oxygen atoms in total. The Bertz CT molecular complexity index is 180. The van der Waals surface area contributed by atoms with Crippen LogP contribution in [0.1, 0.15) is 0 Å². The third-order valence-electron chi connectivity index (χ3n) is 1.61. The molecule has 0 aliphatic rings. The zero-order valence-corrected chi connectivity index (χ0v) is 8.53. The second-order valence-electron chi connectivity index (χ2n) is 3.34. The number of nitrogens with zero attached hydrogens (tertiary/aromatic N) is 2. The zero-order chi connectivity index (χ0) is 10.4. The summed E-state index contributed by atoms with van der Waals surface area (Å²) in [6.45, 7) is 4.25. The number of aliphatic hydroxyl groups is 1. The number of hydrogen-bond acceptors (Lipinski definition) is 3. The Morgan fingerprint density at radius 3 is 2.38 bits per heavy atom. The Kier molecular flexibility index (Phi) is 5.34. The maximum Gasteiger partial charge on any atom is 0.245 e. The van der Waals surface area contributed by atoms with Crippen LogP contribution < -0.4 is 0 Å². The zero-order valence-electron chi connectivity index (χ0n) is 8.53. The molecule has 0 heterocycles. The second-order valence-corrected chi connectivity index (χ2v) is 3.34. The van der Waals surface area contributed by atoms with Crippen LogP contribution in [-0.4, -0.2) is 61.2 Å². The molecule has 0 aliphatic carbocycles. The van der Waals surface area contributed by atoms with Crippen molar-refractivity contribution in [3.05, 3.63) is 12.7 Å². The first-order valence-electron chi connectivity index (χ1n) is 4.17. The summed E-state index contributed by atoms with van der Waals surface area (Å²) in [6.07, 6.45) is 0.728. The molecule has 0 radical (unpaired) electrons. The van der Waals surface area contributed by atoms with Gasteiger partial charge in [-0.2, -0.15) is 0 Å². The van der Waals surface area contributed by atoms with Crippen molar-refractivity contribution in [2.75, 3.05) is 34.2 Å². The third-order valence-corrected chi connectivity index (χ3v) is 1.61. The van der Waals surface area contributed by atoms with Crippen LogP contribution in [0, 0.1) is 0 Å². The third kappa shape index (κ3) is 5.38. The van der Waals surface area contributed by atoms with E-state index >= 15 is 0 Å². The SMILES string of the molecule is C=CC(=O)N(C)CC(O)CN(C)C. The van der Waals surface area contributed by atoms with Crippen LogP contribution in [0.4, 0.5) is 0 Å². The van der Waals surface area contributed by atoms with E-state index in [-0.39, 0.29) is 5.91 Å². The lowest BCUT2D eigenvalue weighted by molar-refractivity contribution is -0.126. The largest absolute Gasteiger partial charge is 0.390 e. The van der Waals surface area contributed by atoms with Crippen LogP contribution in [0.2, 0.25) is 0 Å². The summed E-state index contributed by atoms with van der Waals surface area (Å²) < 4.78 is 0. The molecule has 0 bridgehead atoms. The summed E-state index contributed by atoms with van der Waals surface area (Å²) in [5.41, 5.74) is 0. The van der Waals surface area contributed by atoms with Crippen molar-refractivity contribution in [2.45, 2.75) is 6.10 Å². The number of likely N-dealkylation sites (N-methyl/N-ethyl adjacent to an activating group) is 2. The lowest BCUT2D eigenvalue weighted by atomic mass is 10.3. The van der Waals surface area contributed by atoms with Gasteiger partial charge in [0, 0.05) is 20.1 Å². The van der Waals surface area contributed by atoms with Gasteiger partial charge >= 0.3 is 0 Å². The average molecular weight is 186 g/mol. The van der Waals surface area contributed by atoms with E-state index in [1.807, 2.05) is 19.0 Å². The van der Waals surface area contributed by atoms with E-state index in [0.717, 1.165) is 0 Å². The molecule has 1 N–H and O–H groups in total.